The van der Waals surface area contributed by atoms with E-state index in [-0.39, 0.29) is 5.41 Å². The fraction of sp³-hybridized carbons (Fsp3) is 0.588. The summed E-state index contributed by atoms with van der Waals surface area (Å²) in [6, 6.07) is 8.15. The Hall–Kier alpha value is -1.15. The summed E-state index contributed by atoms with van der Waals surface area (Å²) in [5.74, 6) is 0.866. The van der Waals surface area contributed by atoms with Gasteiger partial charge in [-0.1, -0.05) is 39.0 Å². The van der Waals surface area contributed by atoms with Crippen LogP contribution in [0.2, 0.25) is 0 Å². The van der Waals surface area contributed by atoms with E-state index in [4.69, 9.17) is 0 Å². The van der Waals surface area contributed by atoms with E-state index in [0.717, 1.165) is 31.5 Å². The van der Waals surface area contributed by atoms with Gasteiger partial charge in [-0.05, 0) is 48.9 Å². The highest BCUT2D eigenvalue weighted by Crippen LogP contribution is 2.24. The van der Waals surface area contributed by atoms with Crippen LogP contribution in [0.1, 0.15) is 56.0 Å². The van der Waals surface area contributed by atoms with Crippen molar-refractivity contribution in [2.24, 2.45) is 5.92 Å². The molecule has 0 unspecified atom stereocenters. The van der Waals surface area contributed by atoms with E-state index in [1.54, 1.807) is 0 Å². The van der Waals surface area contributed by atoms with Crippen LogP contribution < -0.4 is 5.32 Å². The number of hydrogen-bond acceptors (Lipinski definition) is 2. The number of carbonyl (C=O) groups is 1. The fourth-order valence-corrected chi connectivity index (χ4v) is 2.63. The molecule has 1 aliphatic heterocycles. The van der Waals surface area contributed by atoms with Gasteiger partial charge < -0.3 is 5.32 Å². The largest absolute Gasteiger partial charge is 0.317 e. The highest BCUT2D eigenvalue weighted by molar-refractivity contribution is 5.96. The van der Waals surface area contributed by atoms with Gasteiger partial charge in [0.15, 0.2) is 5.78 Å². The molecule has 0 radical (unpaired) electrons. The second kappa shape index (κ2) is 5.87. The first-order valence-corrected chi connectivity index (χ1v) is 7.31. The van der Waals surface area contributed by atoms with Gasteiger partial charge in [0.05, 0.1) is 0 Å². The molecule has 0 aliphatic carbocycles. The Morgan fingerprint density at radius 1 is 1.26 bits per heavy atom. The van der Waals surface area contributed by atoms with Crippen molar-refractivity contribution in [1.29, 1.82) is 0 Å². The molecule has 1 fully saturated rings. The van der Waals surface area contributed by atoms with Crippen LogP contribution in [0.5, 0.6) is 0 Å². The fourth-order valence-electron chi connectivity index (χ4n) is 2.63. The monoisotopic (exact) mass is 259 g/mol. The van der Waals surface area contributed by atoms with Crippen LogP contribution in [0.4, 0.5) is 0 Å². The number of benzene rings is 1. The van der Waals surface area contributed by atoms with Gasteiger partial charge >= 0.3 is 0 Å². The SMILES string of the molecule is CC(C)(C)c1cccc(C(=O)CC2CCNCC2)c1. The first-order chi connectivity index (χ1) is 8.97. The maximum absolute atomic E-state index is 12.4. The smallest absolute Gasteiger partial charge is 0.163 e. The molecule has 2 nitrogen and oxygen atoms in total. The van der Waals surface area contributed by atoms with Crippen molar-refractivity contribution in [3.8, 4) is 0 Å². The quantitative estimate of drug-likeness (QED) is 0.841. The topological polar surface area (TPSA) is 29.1 Å². The minimum atomic E-state index is 0.102. The Balaban J connectivity index is 2.06. The Labute approximate surface area is 116 Å². The van der Waals surface area contributed by atoms with Crippen molar-refractivity contribution >= 4 is 5.78 Å². The van der Waals surface area contributed by atoms with E-state index in [1.807, 2.05) is 12.1 Å². The van der Waals surface area contributed by atoms with Gasteiger partial charge in [0.1, 0.15) is 0 Å². The summed E-state index contributed by atoms with van der Waals surface area (Å²) < 4.78 is 0. The number of ketones is 1. The third kappa shape index (κ3) is 3.90. The predicted molar refractivity (Wildman–Crippen MR) is 79.7 cm³/mol. The average Bonchev–Trinajstić information content (AvgIpc) is 2.39. The Bertz CT molecular complexity index is 439. The molecule has 1 saturated heterocycles. The third-order valence-electron chi connectivity index (χ3n) is 3.98. The molecule has 1 N–H and O–H groups in total. The van der Waals surface area contributed by atoms with Gasteiger partial charge in [-0.25, -0.2) is 0 Å². The predicted octanol–water partition coefficient (Wildman–Crippen LogP) is 3.56. The van der Waals surface area contributed by atoms with E-state index in [2.05, 4.69) is 38.2 Å². The molecular formula is C17H25NO. The lowest BCUT2D eigenvalue weighted by atomic mass is 9.84. The molecule has 1 aliphatic rings. The zero-order chi connectivity index (χ0) is 13.9. The number of nitrogens with one attached hydrogen (secondary N) is 1. The minimum absolute atomic E-state index is 0.102. The molecule has 2 rings (SSSR count). The number of hydrogen-bond donors (Lipinski definition) is 1. The molecule has 1 aromatic carbocycles. The normalized spacial score (nSPS) is 17.4. The molecule has 0 saturated carbocycles. The maximum Gasteiger partial charge on any atom is 0.163 e. The molecular weight excluding hydrogens is 234 g/mol. The first-order valence-electron chi connectivity index (χ1n) is 7.31. The van der Waals surface area contributed by atoms with E-state index in [0.29, 0.717) is 18.1 Å². The highest BCUT2D eigenvalue weighted by Gasteiger charge is 2.19. The van der Waals surface area contributed by atoms with Gasteiger partial charge in [0.25, 0.3) is 0 Å². The highest BCUT2D eigenvalue weighted by atomic mass is 16.1. The number of carbonyl (C=O) groups excluding carboxylic acids is 1. The third-order valence-corrected chi connectivity index (χ3v) is 3.98. The summed E-state index contributed by atoms with van der Waals surface area (Å²) in [6.45, 7) is 8.66. The average molecular weight is 259 g/mol. The van der Waals surface area contributed by atoms with Crippen LogP contribution in [-0.4, -0.2) is 18.9 Å². The van der Waals surface area contributed by atoms with E-state index >= 15 is 0 Å². The summed E-state index contributed by atoms with van der Waals surface area (Å²) in [6.07, 6.45) is 2.96. The van der Waals surface area contributed by atoms with Gasteiger partial charge in [-0.15, -0.1) is 0 Å². The second-order valence-electron chi connectivity index (χ2n) is 6.65. The van der Waals surface area contributed by atoms with Crippen LogP contribution >= 0.6 is 0 Å². The molecule has 0 spiro atoms. The molecule has 0 atom stereocenters. The number of Topliss-reactive ketones (excluding diaryl/α,β-unsaturated/α-hetero) is 1. The van der Waals surface area contributed by atoms with Crippen LogP contribution in [-0.2, 0) is 5.41 Å². The second-order valence-corrected chi connectivity index (χ2v) is 6.65. The van der Waals surface area contributed by atoms with E-state index in [1.165, 1.54) is 5.56 Å². The van der Waals surface area contributed by atoms with Crippen LogP contribution in [0, 0.1) is 5.92 Å². The zero-order valence-electron chi connectivity index (χ0n) is 12.3. The van der Waals surface area contributed by atoms with Crippen LogP contribution in [0.15, 0.2) is 24.3 Å². The molecule has 2 heteroatoms. The molecule has 104 valence electrons. The van der Waals surface area contributed by atoms with Crippen molar-refractivity contribution in [2.75, 3.05) is 13.1 Å². The maximum atomic E-state index is 12.4. The molecule has 1 heterocycles. The summed E-state index contributed by atoms with van der Waals surface area (Å²) in [5.41, 5.74) is 2.22. The lowest BCUT2D eigenvalue weighted by molar-refractivity contribution is 0.0952. The van der Waals surface area contributed by atoms with Gasteiger partial charge in [-0.3, -0.25) is 4.79 Å². The lowest BCUT2D eigenvalue weighted by Crippen LogP contribution is -2.29. The number of piperidine rings is 1. The summed E-state index contributed by atoms with van der Waals surface area (Å²) in [4.78, 5) is 12.4. The summed E-state index contributed by atoms with van der Waals surface area (Å²) in [5, 5.41) is 3.35. The Morgan fingerprint density at radius 2 is 1.95 bits per heavy atom. The zero-order valence-corrected chi connectivity index (χ0v) is 12.3. The molecule has 0 bridgehead atoms. The molecule has 19 heavy (non-hydrogen) atoms. The van der Waals surface area contributed by atoms with Gasteiger partial charge in [-0.2, -0.15) is 0 Å². The van der Waals surface area contributed by atoms with Crippen molar-refractivity contribution in [3.63, 3.8) is 0 Å². The number of rotatable bonds is 3. The minimum Gasteiger partial charge on any atom is -0.317 e. The van der Waals surface area contributed by atoms with Crippen LogP contribution in [0.25, 0.3) is 0 Å². The van der Waals surface area contributed by atoms with E-state index in [9.17, 15) is 4.79 Å². The summed E-state index contributed by atoms with van der Waals surface area (Å²) in [7, 11) is 0. The Kier molecular flexibility index (Phi) is 4.41. The first kappa shape index (κ1) is 14.3. The molecule has 1 aromatic rings. The van der Waals surface area contributed by atoms with Crippen molar-refractivity contribution in [3.05, 3.63) is 35.4 Å². The Morgan fingerprint density at radius 3 is 2.58 bits per heavy atom. The van der Waals surface area contributed by atoms with E-state index < -0.39 is 0 Å². The van der Waals surface area contributed by atoms with Crippen LogP contribution in [0.3, 0.4) is 0 Å². The molecule has 0 aromatic heterocycles. The standard InChI is InChI=1S/C17H25NO/c1-17(2,3)15-6-4-5-14(12-15)16(19)11-13-7-9-18-10-8-13/h4-6,12-13,18H,7-11H2,1-3H3. The van der Waals surface area contributed by atoms with Crippen molar-refractivity contribution in [2.45, 2.75) is 45.4 Å². The lowest BCUT2D eigenvalue weighted by Gasteiger charge is -2.22. The van der Waals surface area contributed by atoms with Crippen molar-refractivity contribution < 1.29 is 4.79 Å². The summed E-state index contributed by atoms with van der Waals surface area (Å²) >= 11 is 0. The van der Waals surface area contributed by atoms with Gasteiger partial charge in [0.2, 0.25) is 0 Å². The molecule has 0 amide bonds. The van der Waals surface area contributed by atoms with Crippen molar-refractivity contribution in [1.82, 2.24) is 5.32 Å². The van der Waals surface area contributed by atoms with Gasteiger partial charge in [0, 0.05) is 12.0 Å².